The van der Waals surface area contributed by atoms with E-state index in [1.807, 2.05) is 0 Å². The fourth-order valence-electron chi connectivity index (χ4n) is 2.63. The number of aliphatic imine (C=N–C) groups is 1. The van der Waals surface area contributed by atoms with E-state index >= 15 is 0 Å². The van der Waals surface area contributed by atoms with Crippen molar-refractivity contribution in [1.82, 2.24) is 0 Å². The fraction of sp³-hybridized carbons (Fsp3) is 0.158. The highest BCUT2D eigenvalue weighted by molar-refractivity contribution is 6.13. The van der Waals surface area contributed by atoms with Crippen molar-refractivity contribution in [2.45, 2.75) is 12.8 Å². The van der Waals surface area contributed by atoms with Gasteiger partial charge in [0.15, 0.2) is 0 Å². The number of nitrogens with one attached hydrogen (secondary N) is 1. The molecule has 0 bridgehead atoms. The number of ether oxygens (including phenoxy) is 1. The summed E-state index contributed by atoms with van der Waals surface area (Å²) in [6, 6.07) is 10.9. The van der Waals surface area contributed by atoms with Crippen LogP contribution in [0, 0.1) is 0 Å². The van der Waals surface area contributed by atoms with E-state index < -0.39 is 17.9 Å². The Bertz CT molecular complexity index is 903. The van der Waals surface area contributed by atoms with Crippen molar-refractivity contribution in [3.63, 3.8) is 0 Å². The minimum atomic E-state index is -1.01. The molecule has 1 atom stereocenters. The third-order valence-corrected chi connectivity index (χ3v) is 3.93. The number of rotatable bonds is 5. The molecule has 1 amide bonds. The van der Waals surface area contributed by atoms with Gasteiger partial charge in [0.2, 0.25) is 5.91 Å². The third-order valence-electron chi connectivity index (χ3n) is 3.93. The number of fused-ring (bicyclic) bond motifs is 1. The second-order valence-electron chi connectivity index (χ2n) is 5.62. The molecule has 2 N–H and O–H groups in total. The smallest absolute Gasteiger partial charge is 0.338 e. The summed E-state index contributed by atoms with van der Waals surface area (Å²) in [7, 11) is 0. The zero-order chi connectivity index (χ0) is 18.7. The molecule has 132 valence electrons. The summed E-state index contributed by atoms with van der Waals surface area (Å²) in [6.07, 6.45) is 1.50. The quantitative estimate of drug-likeness (QED) is 0.636. The number of carbonyl (C=O) groups is 3. The van der Waals surface area contributed by atoms with Gasteiger partial charge in [-0.1, -0.05) is 6.07 Å². The third kappa shape index (κ3) is 3.46. The Balaban J connectivity index is 1.81. The molecule has 1 aliphatic heterocycles. The number of hydrogen-bond donors (Lipinski definition) is 2. The number of carboxylic acid groups (broad SMARTS) is 1. The monoisotopic (exact) mass is 352 g/mol. The Kier molecular flexibility index (Phi) is 4.79. The average molecular weight is 352 g/mol. The summed E-state index contributed by atoms with van der Waals surface area (Å²) < 4.78 is 4.95. The lowest BCUT2D eigenvalue weighted by atomic mass is 10.0. The standard InChI is InChI=1S/C19H16N2O5/c1-2-26-19(25)12-5-8-14-15(17(22)21-16(14)9-12)10-20-13-6-3-11(4-7-13)18(23)24/h3-10,15H,2H2,1H3,(H,21,22)(H,23,24). The molecule has 0 aromatic heterocycles. The first kappa shape index (κ1) is 17.3. The van der Waals surface area contributed by atoms with Crippen LogP contribution in [-0.2, 0) is 9.53 Å². The van der Waals surface area contributed by atoms with Crippen LogP contribution >= 0.6 is 0 Å². The van der Waals surface area contributed by atoms with Crippen molar-refractivity contribution in [3.8, 4) is 0 Å². The van der Waals surface area contributed by atoms with Crippen molar-refractivity contribution in [2.75, 3.05) is 11.9 Å². The van der Waals surface area contributed by atoms with Gasteiger partial charge in [-0.25, -0.2) is 9.59 Å². The molecule has 7 heteroatoms. The lowest BCUT2D eigenvalue weighted by molar-refractivity contribution is -0.115. The Morgan fingerprint density at radius 1 is 1.19 bits per heavy atom. The second kappa shape index (κ2) is 7.18. The normalized spacial score (nSPS) is 15.6. The number of anilines is 1. The maximum atomic E-state index is 12.2. The molecule has 1 unspecified atom stereocenters. The van der Waals surface area contributed by atoms with Crippen molar-refractivity contribution in [1.29, 1.82) is 0 Å². The molecule has 1 heterocycles. The Morgan fingerprint density at radius 2 is 1.88 bits per heavy atom. The molecule has 26 heavy (non-hydrogen) atoms. The van der Waals surface area contributed by atoms with Crippen LogP contribution < -0.4 is 5.32 Å². The van der Waals surface area contributed by atoms with Gasteiger partial charge in [-0.2, -0.15) is 0 Å². The Morgan fingerprint density at radius 3 is 2.54 bits per heavy atom. The van der Waals surface area contributed by atoms with Crippen LogP contribution in [0.15, 0.2) is 47.5 Å². The number of aromatic carboxylic acids is 1. The summed E-state index contributed by atoms with van der Waals surface area (Å²) in [6.45, 7) is 2.00. The lowest BCUT2D eigenvalue weighted by Gasteiger charge is -2.05. The topological polar surface area (TPSA) is 105 Å². The molecule has 2 aromatic rings. The Labute approximate surface area is 149 Å². The van der Waals surface area contributed by atoms with E-state index in [0.29, 0.717) is 22.5 Å². The number of benzene rings is 2. The molecule has 2 aromatic carbocycles. The Hall–Kier alpha value is -3.48. The first-order valence-electron chi connectivity index (χ1n) is 7.99. The minimum absolute atomic E-state index is 0.166. The summed E-state index contributed by atoms with van der Waals surface area (Å²) in [5.74, 6) is -2.28. The number of hydrogen-bond acceptors (Lipinski definition) is 5. The van der Waals surface area contributed by atoms with Crippen molar-refractivity contribution in [3.05, 3.63) is 59.2 Å². The number of nitrogens with zero attached hydrogens (tertiary/aromatic N) is 1. The molecule has 0 spiro atoms. The van der Waals surface area contributed by atoms with Crippen LogP contribution in [0.4, 0.5) is 11.4 Å². The molecule has 0 saturated heterocycles. The highest BCUT2D eigenvalue weighted by Gasteiger charge is 2.29. The first-order valence-corrected chi connectivity index (χ1v) is 7.99. The van der Waals surface area contributed by atoms with Gasteiger partial charge in [0.1, 0.15) is 5.92 Å². The van der Waals surface area contributed by atoms with Crippen molar-refractivity contribution in [2.24, 2.45) is 4.99 Å². The molecular weight excluding hydrogens is 336 g/mol. The number of amides is 1. The molecule has 7 nitrogen and oxygen atoms in total. The second-order valence-corrected chi connectivity index (χ2v) is 5.62. The zero-order valence-corrected chi connectivity index (χ0v) is 13.9. The van der Waals surface area contributed by atoms with Crippen LogP contribution in [0.3, 0.4) is 0 Å². The van der Waals surface area contributed by atoms with Crippen LogP contribution in [0.1, 0.15) is 39.1 Å². The molecule has 0 saturated carbocycles. The van der Waals surface area contributed by atoms with Gasteiger partial charge in [0.05, 0.1) is 23.4 Å². The average Bonchev–Trinajstić information content (AvgIpc) is 2.94. The highest BCUT2D eigenvalue weighted by Crippen LogP contribution is 2.32. The number of esters is 1. The lowest BCUT2D eigenvalue weighted by Crippen LogP contribution is -2.12. The predicted octanol–water partition coefficient (Wildman–Crippen LogP) is 3.00. The fourth-order valence-corrected chi connectivity index (χ4v) is 2.63. The summed E-state index contributed by atoms with van der Waals surface area (Å²) >= 11 is 0. The van der Waals surface area contributed by atoms with Gasteiger partial charge in [0.25, 0.3) is 0 Å². The molecule has 0 radical (unpaired) electrons. The van der Waals surface area contributed by atoms with E-state index in [-0.39, 0.29) is 18.1 Å². The van der Waals surface area contributed by atoms with Gasteiger partial charge in [-0.15, -0.1) is 0 Å². The predicted molar refractivity (Wildman–Crippen MR) is 95.3 cm³/mol. The molecule has 1 aliphatic rings. The van der Waals surface area contributed by atoms with Gasteiger partial charge in [-0.05, 0) is 48.9 Å². The number of carboxylic acids is 1. The molecule has 0 aliphatic carbocycles. The maximum absolute atomic E-state index is 12.2. The van der Waals surface area contributed by atoms with E-state index in [0.717, 1.165) is 0 Å². The van der Waals surface area contributed by atoms with Crippen LogP contribution in [-0.4, -0.2) is 35.8 Å². The maximum Gasteiger partial charge on any atom is 0.338 e. The van der Waals surface area contributed by atoms with Crippen LogP contribution in [0.2, 0.25) is 0 Å². The van der Waals surface area contributed by atoms with E-state index in [1.165, 1.54) is 18.3 Å². The minimum Gasteiger partial charge on any atom is -0.478 e. The van der Waals surface area contributed by atoms with E-state index in [1.54, 1.807) is 37.3 Å². The van der Waals surface area contributed by atoms with Gasteiger partial charge >= 0.3 is 11.9 Å². The number of carbonyl (C=O) groups excluding carboxylic acids is 2. The largest absolute Gasteiger partial charge is 0.478 e. The van der Waals surface area contributed by atoms with Crippen LogP contribution in [0.25, 0.3) is 0 Å². The summed E-state index contributed by atoms with van der Waals surface area (Å²) in [5, 5.41) is 11.6. The van der Waals surface area contributed by atoms with E-state index in [9.17, 15) is 14.4 Å². The van der Waals surface area contributed by atoms with Gasteiger partial charge < -0.3 is 15.2 Å². The van der Waals surface area contributed by atoms with E-state index in [2.05, 4.69) is 10.3 Å². The molecule has 0 fully saturated rings. The summed E-state index contributed by atoms with van der Waals surface area (Å²) in [5.41, 5.74) is 2.35. The van der Waals surface area contributed by atoms with Crippen molar-refractivity contribution < 1.29 is 24.2 Å². The zero-order valence-electron chi connectivity index (χ0n) is 13.9. The van der Waals surface area contributed by atoms with Crippen molar-refractivity contribution >= 4 is 35.4 Å². The van der Waals surface area contributed by atoms with Gasteiger partial charge in [-0.3, -0.25) is 9.79 Å². The first-order chi connectivity index (χ1) is 12.5. The van der Waals surface area contributed by atoms with Gasteiger partial charge in [0, 0.05) is 11.9 Å². The molecular formula is C19H16N2O5. The highest BCUT2D eigenvalue weighted by atomic mass is 16.5. The summed E-state index contributed by atoms with van der Waals surface area (Å²) in [4.78, 5) is 39.1. The molecule has 3 rings (SSSR count). The van der Waals surface area contributed by atoms with E-state index in [4.69, 9.17) is 9.84 Å². The van der Waals surface area contributed by atoms with Crippen LogP contribution in [0.5, 0.6) is 0 Å². The SMILES string of the molecule is CCOC(=O)c1ccc2c(c1)NC(=O)C2C=Nc1ccc(C(=O)O)cc1.